The summed E-state index contributed by atoms with van der Waals surface area (Å²) < 4.78 is 21.1. The zero-order chi connectivity index (χ0) is 33.0. The Morgan fingerprint density at radius 2 is 0.870 bits per heavy atom. The number of rotatable bonds is 18. The van der Waals surface area contributed by atoms with Crippen LogP contribution in [0.2, 0.25) is 0 Å². The highest BCUT2D eigenvalue weighted by atomic mass is 16.5. The van der Waals surface area contributed by atoms with Gasteiger partial charge >= 0.3 is 0 Å². The summed E-state index contributed by atoms with van der Waals surface area (Å²) in [7, 11) is 0. The van der Waals surface area contributed by atoms with Gasteiger partial charge in [0.15, 0.2) is 0 Å². The van der Waals surface area contributed by atoms with E-state index in [1.54, 1.807) is 0 Å². The zero-order valence-electron chi connectivity index (χ0n) is 31.0. The van der Waals surface area contributed by atoms with Gasteiger partial charge in [0.05, 0.1) is 35.1 Å². The van der Waals surface area contributed by atoms with E-state index in [-0.39, 0.29) is 35.1 Å². The van der Waals surface area contributed by atoms with Gasteiger partial charge in [-0.05, 0) is 114 Å². The first-order chi connectivity index (χ1) is 22.2. The highest BCUT2D eigenvalue weighted by molar-refractivity contribution is 5.45. The maximum Gasteiger partial charge on any atom is 0.119 e. The Morgan fingerprint density at radius 1 is 0.522 bits per heavy atom. The zero-order valence-corrected chi connectivity index (χ0v) is 31.0. The molecule has 0 bridgehead atoms. The monoisotopic (exact) mass is 641 g/mol. The third-order valence-corrected chi connectivity index (χ3v) is 11.8. The largest absolute Gasteiger partial charge is 0.508 e. The van der Waals surface area contributed by atoms with Gasteiger partial charge in [-0.25, -0.2) is 0 Å². The summed E-state index contributed by atoms with van der Waals surface area (Å²) in [5.41, 5.74) is 3.72. The lowest BCUT2D eigenvalue weighted by Gasteiger charge is -2.41. The van der Waals surface area contributed by atoms with Crippen LogP contribution in [0, 0.1) is 0 Å². The first-order valence-corrected chi connectivity index (χ1v) is 20.0. The van der Waals surface area contributed by atoms with Crippen LogP contribution >= 0.6 is 0 Å². The molecular weight excluding hydrogens is 568 g/mol. The van der Waals surface area contributed by atoms with Crippen LogP contribution in [0.4, 0.5) is 0 Å². The molecule has 3 aliphatic rings. The van der Waals surface area contributed by atoms with E-state index >= 15 is 0 Å². The fourth-order valence-corrected chi connectivity index (χ4v) is 9.93. The second-order valence-electron chi connectivity index (χ2n) is 16.1. The highest BCUT2D eigenvalue weighted by Gasteiger charge is 2.37. The minimum absolute atomic E-state index is 0.000323. The van der Waals surface area contributed by atoms with Crippen molar-refractivity contribution >= 4 is 0 Å². The summed E-state index contributed by atoms with van der Waals surface area (Å²) in [5, 5.41) is 11.5. The number of phenols is 1. The van der Waals surface area contributed by atoms with Crippen molar-refractivity contribution in [3.63, 3.8) is 0 Å². The molecule has 1 aromatic rings. The summed E-state index contributed by atoms with van der Waals surface area (Å²) in [5.74, 6) is 0.416. The SMILES string of the molecule is CCCC1(OC(C)Cc2ccc(O)c(CC(C)OC3(CCC)CCCCC3)c2CC(C)OC2(CCC)CCCCC2)CCCCC1. The minimum atomic E-state index is -0.000323. The number of hydrogen-bond acceptors (Lipinski definition) is 4. The molecular formula is C42H72O4. The van der Waals surface area contributed by atoms with E-state index < -0.39 is 0 Å². The predicted octanol–water partition coefficient (Wildman–Crippen LogP) is 11.7. The van der Waals surface area contributed by atoms with Crippen LogP contribution < -0.4 is 0 Å². The number of aromatic hydroxyl groups is 1. The molecule has 0 spiro atoms. The first kappa shape index (κ1) is 37.7. The van der Waals surface area contributed by atoms with Gasteiger partial charge in [0.2, 0.25) is 0 Å². The molecule has 3 unspecified atom stereocenters. The van der Waals surface area contributed by atoms with Crippen molar-refractivity contribution in [3.05, 3.63) is 28.8 Å². The molecule has 3 atom stereocenters. The van der Waals surface area contributed by atoms with Crippen LogP contribution in [0.3, 0.4) is 0 Å². The molecule has 0 heterocycles. The molecule has 4 nitrogen and oxygen atoms in total. The molecule has 46 heavy (non-hydrogen) atoms. The van der Waals surface area contributed by atoms with Gasteiger partial charge in [-0.1, -0.05) is 104 Å². The molecule has 1 N–H and O–H groups in total. The summed E-state index contributed by atoms with van der Waals surface area (Å²) in [6.45, 7) is 13.7. The molecule has 0 radical (unpaired) electrons. The van der Waals surface area contributed by atoms with Gasteiger partial charge in [-0.2, -0.15) is 0 Å². The molecule has 0 aliphatic heterocycles. The standard InChI is InChI=1S/C42H72O4/c1-7-21-40(24-13-10-14-25-40)44-33(4)30-36-19-20-39(43)38(32-35(6)46-42(23-9-3)28-17-12-18-29-42)37(36)31-34(5)45-41(22-8-2)26-15-11-16-27-41/h19-20,33-35,43H,7-18,21-32H2,1-6H3. The van der Waals surface area contributed by atoms with E-state index in [1.807, 2.05) is 6.07 Å². The van der Waals surface area contributed by atoms with Crippen molar-refractivity contribution < 1.29 is 19.3 Å². The Kier molecular flexibility index (Phi) is 14.8. The average molecular weight is 641 g/mol. The predicted molar refractivity (Wildman–Crippen MR) is 193 cm³/mol. The van der Waals surface area contributed by atoms with Gasteiger partial charge in [0.25, 0.3) is 0 Å². The van der Waals surface area contributed by atoms with Gasteiger partial charge < -0.3 is 19.3 Å². The third-order valence-electron chi connectivity index (χ3n) is 11.8. The van der Waals surface area contributed by atoms with E-state index in [1.165, 1.54) is 114 Å². The van der Waals surface area contributed by atoms with Crippen LogP contribution in [0.5, 0.6) is 5.75 Å². The van der Waals surface area contributed by atoms with Crippen LogP contribution in [-0.2, 0) is 33.5 Å². The Morgan fingerprint density at radius 3 is 1.24 bits per heavy atom. The minimum Gasteiger partial charge on any atom is -0.508 e. The lowest BCUT2D eigenvalue weighted by molar-refractivity contribution is -0.115. The van der Waals surface area contributed by atoms with Crippen molar-refractivity contribution in [2.45, 2.75) is 231 Å². The van der Waals surface area contributed by atoms with E-state index in [2.05, 4.69) is 47.6 Å². The van der Waals surface area contributed by atoms with Crippen molar-refractivity contribution in [3.8, 4) is 5.75 Å². The summed E-state index contributed by atoms with van der Waals surface area (Å²) in [4.78, 5) is 0. The quantitative estimate of drug-likeness (QED) is 0.173. The third kappa shape index (κ3) is 10.4. The van der Waals surface area contributed by atoms with Crippen LogP contribution in [0.1, 0.15) is 193 Å². The second kappa shape index (κ2) is 18.1. The van der Waals surface area contributed by atoms with E-state index in [4.69, 9.17) is 14.2 Å². The van der Waals surface area contributed by atoms with E-state index in [9.17, 15) is 5.11 Å². The summed E-state index contributed by atoms with van der Waals surface area (Å²) in [6.07, 6.45) is 28.4. The number of hydrogen-bond donors (Lipinski definition) is 1. The molecule has 4 heteroatoms. The van der Waals surface area contributed by atoms with E-state index in [0.29, 0.717) is 5.75 Å². The molecule has 3 saturated carbocycles. The second-order valence-corrected chi connectivity index (χ2v) is 16.1. The van der Waals surface area contributed by atoms with Gasteiger partial charge in [-0.15, -0.1) is 0 Å². The van der Waals surface area contributed by atoms with Gasteiger partial charge in [0.1, 0.15) is 5.75 Å². The molecule has 264 valence electrons. The summed E-state index contributed by atoms with van der Waals surface area (Å²) >= 11 is 0. The Hall–Kier alpha value is -1.10. The van der Waals surface area contributed by atoms with Crippen molar-refractivity contribution in [1.82, 2.24) is 0 Å². The maximum atomic E-state index is 11.5. The fourth-order valence-electron chi connectivity index (χ4n) is 9.93. The smallest absolute Gasteiger partial charge is 0.119 e. The maximum absolute atomic E-state index is 11.5. The van der Waals surface area contributed by atoms with Crippen molar-refractivity contribution in [2.24, 2.45) is 0 Å². The topological polar surface area (TPSA) is 47.9 Å². The Bertz CT molecular complexity index is 998. The Labute approximate surface area is 284 Å². The van der Waals surface area contributed by atoms with Crippen LogP contribution in [0.25, 0.3) is 0 Å². The van der Waals surface area contributed by atoms with Gasteiger partial charge in [0, 0.05) is 6.42 Å². The van der Waals surface area contributed by atoms with Crippen LogP contribution in [-0.4, -0.2) is 40.2 Å². The first-order valence-electron chi connectivity index (χ1n) is 20.0. The van der Waals surface area contributed by atoms with Gasteiger partial charge in [-0.3, -0.25) is 0 Å². The number of benzene rings is 1. The fraction of sp³-hybridized carbons (Fsp3) is 0.857. The molecule has 1 aromatic carbocycles. The highest BCUT2D eigenvalue weighted by Crippen LogP contribution is 2.41. The van der Waals surface area contributed by atoms with E-state index in [0.717, 1.165) is 56.9 Å². The molecule has 0 saturated heterocycles. The lowest BCUT2D eigenvalue weighted by atomic mass is 9.80. The molecule has 4 rings (SSSR count). The Balaban J connectivity index is 1.60. The normalized spacial score (nSPS) is 23.1. The lowest BCUT2D eigenvalue weighted by Crippen LogP contribution is -2.39. The molecule has 0 amide bonds. The number of phenolic OH excluding ortho intramolecular Hbond substituents is 1. The van der Waals surface area contributed by atoms with Crippen molar-refractivity contribution in [1.29, 1.82) is 0 Å². The van der Waals surface area contributed by atoms with Crippen molar-refractivity contribution in [2.75, 3.05) is 0 Å². The van der Waals surface area contributed by atoms with Crippen LogP contribution in [0.15, 0.2) is 12.1 Å². The summed E-state index contributed by atoms with van der Waals surface area (Å²) in [6, 6.07) is 4.13. The molecule has 3 fully saturated rings. The number of ether oxygens (including phenoxy) is 3. The molecule has 0 aromatic heterocycles. The average Bonchev–Trinajstić information content (AvgIpc) is 3.02. The molecule has 3 aliphatic carbocycles.